The minimum Gasteiger partial charge on any atom is -0.374 e. The Hall–Kier alpha value is -0.550. The second-order valence-electron chi connectivity index (χ2n) is 1.81. The molecule has 2 nitrogen and oxygen atoms in total. The average molecular weight is 113 g/mol. The van der Waals surface area contributed by atoms with E-state index in [1.54, 1.807) is 7.11 Å². The first-order chi connectivity index (χ1) is 3.72. The molecule has 0 aliphatic rings. The van der Waals surface area contributed by atoms with E-state index in [1.165, 1.54) is 0 Å². The quantitative estimate of drug-likeness (QED) is 0.492. The topological polar surface area (TPSA) is 13.6 Å². The summed E-state index contributed by atoms with van der Waals surface area (Å²) in [5.41, 5.74) is 0. The molecule has 0 aromatic carbocycles. The molecule has 0 rings (SSSR count). The molecule has 0 radical (unpaired) electrons. The van der Waals surface area contributed by atoms with Crippen LogP contribution in [0.15, 0.2) is 0 Å². The molecule has 0 heterocycles. The van der Waals surface area contributed by atoms with Gasteiger partial charge in [0.15, 0.2) is 0 Å². The third-order valence-corrected chi connectivity index (χ3v) is 1.25. The van der Waals surface area contributed by atoms with Crippen molar-refractivity contribution in [2.45, 2.75) is 26.0 Å². The SMILES string of the molecule is [C-]#[N+]C(C)C(C)OC. The largest absolute Gasteiger partial charge is 0.374 e. The molecule has 2 unspecified atom stereocenters. The van der Waals surface area contributed by atoms with Gasteiger partial charge in [0.25, 0.3) is 0 Å². The van der Waals surface area contributed by atoms with Gasteiger partial charge >= 0.3 is 0 Å². The first kappa shape index (κ1) is 7.45. The monoisotopic (exact) mass is 113 g/mol. The van der Waals surface area contributed by atoms with Crippen molar-refractivity contribution in [3.63, 3.8) is 0 Å². The predicted molar refractivity (Wildman–Crippen MR) is 32.5 cm³/mol. The van der Waals surface area contributed by atoms with Crippen LogP contribution in [0.5, 0.6) is 0 Å². The Kier molecular flexibility index (Phi) is 3.21. The van der Waals surface area contributed by atoms with Crippen LogP contribution in [0, 0.1) is 6.57 Å². The average Bonchev–Trinajstić information content (AvgIpc) is 1.84. The number of hydrogen-bond donors (Lipinski definition) is 0. The van der Waals surface area contributed by atoms with Gasteiger partial charge in [-0.2, -0.15) is 0 Å². The summed E-state index contributed by atoms with van der Waals surface area (Å²) in [5.74, 6) is 0. The molecule has 0 aliphatic heterocycles. The van der Waals surface area contributed by atoms with E-state index in [2.05, 4.69) is 4.85 Å². The summed E-state index contributed by atoms with van der Waals surface area (Å²) in [6.07, 6.45) is 0.0625. The lowest BCUT2D eigenvalue weighted by molar-refractivity contribution is 0.110. The molecule has 0 fully saturated rings. The molecule has 0 amide bonds. The molecule has 46 valence electrons. The Balaban J connectivity index is 3.49. The van der Waals surface area contributed by atoms with Crippen LogP contribution in [0.25, 0.3) is 4.85 Å². The Morgan fingerprint density at radius 1 is 1.50 bits per heavy atom. The highest BCUT2D eigenvalue weighted by Gasteiger charge is 2.13. The molecule has 0 aliphatic carbocycles. The van der Waals surface area contributed by atoms with Crippen molar-refractivity contribution < 1.29 is 4.74 Å². The van der Waals surface area contributed by atoms with Gasteiger partial charge < -0.3 is 9.58 Å². The summed E-state index contributed by atoms with van der Waals surface area (Å²) in [6, 6.07) is -0.0139. The number of hydrogen-bond acceptors (Lipinski definition) is 1. The maximum absolute atomic E-state index is 6.59. The molecule has 2 heteroatoms. The minimum absolute atomic E-state index is 0.0139. The molecule has 0 saturated carbocycles. The van der Waals surface area contributed by atoms with Gasteiger partial charge in [0.1, 0.15) is 6.10 Å². The highest BCUT2D eigenvalue weighted by Crippen LogP contribution is 1.99. The van der Waals surface area contributed by atoms with Crippen molar-refractivity contribution in [1.82, 2.24) is 0 Å². The van der Waals surface area contributed by atoms with E-state index < -0.39 is 0 Å². The van der Waals surface area contributed by atoms with Crippen LogP contribution >= 0.6 is 0 Å². The molecule has 2 atom stereocenters. The highest BCUT2D eigenvalue weighted by atomic mass is 16.5. The second kappa shape index (κ2) is 3.45. The van der Waals surface area contributed by atoms with Crippen LogP contribution < -0.4 is 0 Å². The Labute approximate surface area is 50.3 Å². The maximum atomic E-state index is 6.59. The molecule has 8 heavy (non-hydrogen) atoms. The number of rotatable bonds is 2. The highest BCUT2D eigenvalue weighted by molar-refractivity contribution is 4.78. The second-order valence-corrected chi connectivity index (χ2v) is 1.81. The summed E-state index contributed by atoms with van der Waals surface area (Å²) in [6.45, 7) is 10.3. The molecular formula is C6H11NO. The van der Waals surface area contributed by atoms with Crippen molar-refractivity contribution in [2.75, 3.05) is 7.11 Å². The van der Waals surface area contributed by atoms with Gasteiger partial charge in [-0.3, -0.25) is 0 Å². The van der Waals surface area contributed by atoms with Crippen LogP contribution in [0.1, 0.15) is 13.8 Å². The van der Waals surface area contributed by atoms with Gasteiger partial charge in [-0.25, -0.2) is 6.57 Å². The third kappa shape index (κ3) is 1.94. The fourth-order valence-corrected chi connectivity index (χ4v) is 0.302. The molecule has 0 bridgehead atoms. The molecule has 0 saturated heterocycles. The molecule has 0 N–H and O–H groups in total. The lowest BCUT2D eigenvalue weighted by atomic mass is 10.2. The zero-order valence-corrected chi connectivity index (χ0v) is 5.51. The van der Waals surface area contributed by atoms with Crippen LogP contribution in [0.2, 0.25) is 0 Å². The van der Waals surface area contributed by atoms with E-state index in [1.807, 2.05) is 13.8 Å². The summed E-state index contributed by atoms with van der Waals surface area (Å²) >= 11 is 0. The third-order valence-electron chi connectivity index (χ3n) is 1.25. The van der Waals surface area contributed by atoms with E-state index in [4.69, 9.17) is 11.3 Å². The van der Waals surface area contributed by atoms with Crippen LogP contribution in [0.4, 0.5) is 0 Å². The zero-order valence-electron chi connectivity index (χ0n) is 5.51. The smallest absolute Gasteiger partial charge is 0.246 e. The van der Waals surface area contributed by atoms with Gasteiger partial charge in [0.05, 0.1) is 0 Å². The first-order valence-electron chi connectivity index (χ1n) is 2.61. The number of methoxy groups -OCH3 is 1. The predicted octanol–water partition coefficient (Wildman–Crippen LogP) is 1.33. The fraction of sp³-hybridized carbons (Fsp3) is 0.833. The summed E-state index contributed by atoms with van der Waals surface area (Å²) < 4.78 is 4.89. The van der Waals surface area contributed by atoms with E-state index in [0.29, 0.717) is 0 Å². The van der Waals surface area contributed by atoms with Gasteiger partial charge in [-0.15, -0.1) is 0 Å². The van der Waals surface area contributed by atoms with Crippen LogP contribution in [0.3, 0.4) is 0 Å². The Bertz CT molecular complexity index is 95.2. The Morgan fingerprint density at radius 2 is 2.00 bits per heavy atom. The standard InChI is InChI=1S/C6H11NO/c1-5(7-3)6(2)8-4/h5-6H,1-2,4H3. The number of ether oxygens (including phenoxy) is 1. The molecule has 0 aromatic heterocycles. The summed E-state index contributed by atoms with van der Waals surface area (Å²) in [5, 5.41) is 0. The zero-order chi connectivity index (χ0) is 6.57. The molecular weight excluding hydrogens is 102 g/mol. The van der Waals surface area contributed by atoms with E-state index in [0.717, 1.165) is 0 Å². The van der Waals surface area contributed by atoms with Crippen molar-refractivity contribution >= 4 is 0 Å². The van der Waals surface area contributed by atoms with Gasteiger partial charge in [0, 0.05) is 14.0 Å². The maximum Gasteiger partial charge on any atom is 0.246 e. The lowest BCUT2D eigenvalue weighted by Gasteiger charge is -2.05. The van der Waals surface area contributed by atoms with E-state index in [9.17, 15) is 0 Å². The van der Waals surface area contributed by atoms with E-state index >= 15 is 0 Å². The van der Waals surface area contributed by atoms with Gasteiger partial charge in [-0.1, -0.05) is 0 Å². The first-order valence-corrected chi connectivity index (χ1v) is 2.61. The Morgan fingerprint density at radius 3 is 2.12 bits per heavy atom. The van der Waals surface area contributed by atoms with Crippen molar-refractivity contribution in [3.8, 4) is 0 Å². The lowest BCUT2D eigenvalue weighted by Crippen LogP contribution is -2.17. The van der Waals surface area contributed by atoms with Crippen LogP contribution in [-0.4, -0.2) is 19.3 Å². The van der Waals surface area contributed by atoms with Crippen molar-refractivity contribution in [1.29, 1.82) is 0 Å². The molecule has 0 spiro atoms. The van der Waals surface area contributed by atoms with Gasteiger partial charge in [-0.05, 0) is 6.92 Å². The van der Waals surface area contributed by atoms with Crippen molar-refractivity contribution in [3.05, 3.63) is 11.4 Å². The summed E-state index contributed by atoms with van der Waals surface area (Å²) in [7, 11) is 1.62. The molecule has 0 aromatic rings. The van der Waals surface area contributed by atoms with Gasteiger partial charge in [0.2, 0.25) is 6.04 Å². The number of nitrogens with zero attached hydrogens (tertiary/aromatic N) is 1. The fourth-order valence-electron chi connectivity index (χ4n) is 0.302. The van der Waals surface area contributed by atoms with E-state index in [-0.39, 0.29) is 12.1 Å². The van der Waals surface area contributed by atoms with Crippen molar-refractivity contribution in [2.24, 2.45) is 0 Å². The summed E-state index contributed by atoms with van der Waals surface area (Å²) in [4.78, 5) is 3.28. The normalized spacial score (nSPS) is 16.8. The van der Waals surface area contributed by atoms with Crippen LogP contribution in [-0.2, 0) is 4.74 Å². The minimum atomic E-state index is -0.0139.